The van der Waals surface area contributed by atoms with Crippen LogP contribution in [0, 0.1) is 0 Å². The summed E-state index contributed by atoms with van der Waals surface area (Å²) >= 11 is 1.21. The number of thiophene rings is 1. The molecule has 0 spiro atoms. The maximum absolute atomic E-state index is 12.4. The first-order chi connectivity index (χ1) is 12.9. The molecule has 0 fully saturated rings. The largest absolute Gasteiger partial charge is 0.501 e. The lowest BCUT2D eigenvalue weighted by atomic mass is 10.1. The number of benzene rings is 1. The molecule has 0 radical (unpaired) electrons. The Kier molecular flexibility index (Phi) is 5.01. The molecule has 1 aromatic carbocycles. The molecule has 0 aliphatic heterocycles. The van der Waals surface area contributed by atoms with Gasteiger partial charge < -0.3 is 26.2 Å². The van der Waals surface area contributed by atoms with Crippen molar-refractivity contribution in [3.05, 3.63) is 62.7 Å². The van der Waals surface area contributed by atoms with Gasteiger partial charge in [0.25, 0.3) is 5.56 Å². The molecule has 0 bridgehead atoms. The van der Waals surface area contributed by atoms with E-state index in [2.05, 4.69) is 15.3 Å². The summed E-state index contributed by atoms with van der Waals surface area (Å²) in [4.78, 5) is 41.4. The van der Waals surface area contributed by atoms with Crippen LogP contribution in [-0.2, 0) is 4.79 Å². The Bertz CT molecular complexity index is 1060. The van der Waals surface area contributed by atoms with Gasteiger partial charge in [0, 0.05) is 10.8 Å². The van der Waals surface area contributed by atoms with Crippen LogP contribution < -0.4 is 16.6 Å². The molecule has 2 heterocycles. The third-order valence-electron chi connectivity index (χ3n) is 3.71. The third-order valence-corrected chi connectivity index (χ3v) is 4.46. The first-order valence-corrected chi connectivity index (χ1v) is 8.57. The lowest BCUT2D eigenvalue weighted by Gasteiger charge is -2.13. The van der Waals surface area contributed by atoms with Crippen molar-refractivity contribution in [2.75, 3.05) is 5.32 Å². The zero-order valence-electron chi connectivity index (χ0n) is 13.7. The number of rotatable bonds is 5. The predicted octanol–water partition coefficient (Wildman–Crippen LogP) is 1.54. The van der Waals surface area contributed by atoms with Crippen LogP contribution in [0.1, 0.15) is 22.1 Å². The van der Waals surface area contributed by atoms with E-state index < -0.39 is 34.9 Å². The van der Waals surface area contributed by atoms with E-state index in [0.29, 0.717) is 16.8 Å². The number of amides is 1. The van der Waals surface area contributed by atoms with Crippen molar-refractivity contribution in [3.8, 4) is 17.1 Å². The standard InChI is InChI=1S/C17H14N4O5S/c18-11(8-4-2-1-3-5-8)15(23)19-10-7-27-6-9(10)14-20-12(17(25)26)13(22)16(24)21-14/h1-7,11,22H,18H2,(H,19,23)(H,25,26)(H,20,21,24). The highest BCUT2D eigenvalue weighted by atomic mass is 32.1. The van der Waals surface area contributed by atoms with Gasteiger partial charge in [-0.15, -0.1) is 11.3 Å². The van der Waals surface area contributed by atoms with Gasteiger partial charge in [-0.1, -0.05) is 30.3 Å². The Morgan fingerprint density at radius 1 is 1.22 bits per heavy atom. The molecule has 10 heteroatoms. The Morgan fingerprint density at radius 2 is 1.93 bits per heavy atom. The molecule has 0 aliphatic carbocycles. The van der Waals surface area contributed by atoms with E-state index in [-0.39, 0.29) is 5.82 Å². The number of aromatic nitrogens is 2. The molecule has 0 saturated heterocycles. The van der Waals surface area contributed by atoms with Gasteiger partial charge in [-0.2, -0.15) is 0 Å². The number of nitrogens with zero attached hydrogens (tertiary/aromatic N) is 1. The van der Waals surface area contributed by atoms with E-state index in [1.54, 1.807) is 41.1 Å². The first kappa shape index (κ1) is 18.3. The van der Waals surface area contributed by atoms with Crippen LogP contribution in [0.15, 0.2) is 45.9 Å². The fraction of sp³-hybridized carbons (Fsp3) is 0.0588. The Morgan fingerprint density at radius 3 is 2.59 bits per heavy atom. The number of aromatic amines is 1. The highest BCUT2D eigenvalue weighted by Crippen LogP contribution is 2.30. The maximum Gasteiger partial charge on any atom is 0.358 e. The number of aromatic carboxylic acids is 1. The van der Waals surface area contributed by atoms with E-state index in [1.165, 1.54) is 11.3 Å². The monoisotopic (exact) mass is 386 g/mol. The molecule has 1 amide bonds. The van der Waals surface area contributed by atoms with Gasteiger partial charge >= 0.3 is 5.97 Å². The highest BCUT2D eigenvalue weighted by Gasteiger charge is 2.21. The number of hydrogen-bond acceptors (Lipinski definition) is 7. The van der Waals surface area contributed by atoms with Crippen LogP contribution in [-0.4, -0.2) is 32.1 Å². The molecular formula is C17H14N4O5S. The summed E-state index contributed by atoms with van der Waals surface area (Å²) in [5.41, 5.74) is 5.41. The fourth-order valence-electron chi connectivity index (χ4n) is 2.34. The van der Waals surface area contributed by atoms with Crippen LogP contribution in [0.4, 0.5) is 5.69 Å². The van der Waals surface area contributed by atoms with Crippen LogP contribution in [0.3, 0.4) is 0 Å². The first-order valence-electron chi connectivity index (χ1n) is 7.63. The molecule has 1 unspecified atom stereocenters. The number of hydrogen-bond donors (Lipinski definition) is 5. The average molecular weight is 386 g/mol. The Hall–Kier alpha value is -3.50. The van der Waals surface area contributed by atoms with Crippen molar-refractivity contribution in [2.45, 2.75) is 6.04 Å². The van der Waals surface area contributed by atoms with E-state index in [9.17, 15) is 19.5 Å². The fourth-order valence-corrected chi connectivity index (χ4v) is 3.11. The lowest BCUT2D eigenvalue weighted by Crippen LogP contribution is -2.27. The molecule has 6 N–H and O–H groups in total. The molecule has 0 aliphatic rings. The number of carboxylic acid groups (broad SMARTS) is 1. The predicted molar refractivity (Wildman–Crippen MR) is 98.8 cm³/mol. The zero-order valence-corrected chi connectivity index (χ0v) is 14.5. The topological polar surface area (TPSA) is 158 Å². The Balaban J connectivity index is 1.92. The van der Waals surface area contributed by atoms with Crippen molar-refractivity contribution >= 4 is 28.9 Å². The number of nitrogens with two attached hydrogens (primary N) is 1. The van der Waals surface area contributed by atoms with E-state index >= 15 is 0 Å². The summed E-state index contributed by atoms with van der Waals surface area (Å²) in [6.45, 7) is 0. The third kappa shape index (κ3) is 3.71. The number of H-pyrrole nitrogens is 1. The summed E-state index contributed by atoms with van der Waals surface area (Å²) in [5, 5.41) is 24.4. The number of carbonyl (C=O) groups is 2. The molecule has 138 valence electrons. The van der Waals surface area contributed by atoms with Crippen molar-refractivity contribution in [3.63, 3.8) is 0 Å². The van der Waals surface area contributed by atoms with Crippen molar-refractivity contribution in [1.29, 1.82) is 0 Å². The number of aromatic hydroxyl groups is 1. The summed E-state index contributed by atoms with van der Waals surface area (Å²) in [5.74, 6) is -3.12. The van der Waals surface area contributed by atoms with Gasteiger partial charge in [0.15, 0.2) is 5.69 Å². The average Bonchev–Trinajstić information content (AvgIpc) is 3.11. The van der Waals surface area contributed by atoms with Gasteiger partial charge in [0.1, 0.15) is 11.9 Å². The second-order valence-electron chi connectivity index (χ2n) is 5.49. The molecule has 3 aromatic rings. The minimum absolute atomic E-state index is 0.0972. The SMILES string of the molecule is NC(C(=O)Nc1cscc1-c1nc(C(=O)O)c(O)c(=O)[nH]1)c1ccccc1. The quantitative estimate of drug-likeness (QED) is 0.445. The molecule has 9 nitrogen and oxygen atoms in total. The minimum atomic E-state index is -1.55. The van der Waals surface area contributed by atoms with Crippen LogP contribution in [0.2, 0.25) is 0 Å². The van der Waals surface area contributed by atoms with Crippen molar-refractivity contribution in [1.82, 2.24) is 9.97 Å². The lowest BCUT2D eigenvalue weighted by molar-refractivity contribution is -0.117. The van der Waals surface area contributed by atoms with E-state index in [0.717, 1.165) is 0 Å². The normalized spacial score (nSPS) is 11.7. The second kappa shape index (κ2) is 7.40. The molecule has 27 heavy (non-hydrogen) atoms. The molecular weight excluding hydrogens is 372 g/mol. The van der Waals surface area contributed by atoms with E-state index in [1.807, 2.05) is 0 Å². The number of carboxylic acids is 1. The van der Waals surface area contributed by atoms with Crippen molar-refractivity contribution < 1.29 is 19.8 Å². The van der Waals surface area contributed by atoms with Gasteiger partial charge in [-0.05, 0) is 5.56 Å². The van der Waals surface area contributed by atoms with Crippen molar-refractivity contribution in [2.24, 2.45) is 5.73 Å². The molecule has 0 saturated carbocycles. The van der Waals surface area contributed by atoms with E-state index in [4.69, 9.17) is 10.8 Å². The second-order valence-corrected chi connectivity index (χ2v) is 6.24. The highest BCUT2D eigenvalue weighted by molar-refractivity contribution is 7.08. The van der Waals surface area contributed by atoms with Gasteiger partial charge in [-0.3, -0.25) is 9.59 Å². The van der Waals surface area contributed by atoms with Crippen LogP contribution in [0.5, 0.6) is 5.75 Å². The summed E-state index contributed by atoms with van der Waals surface area (Å²) in [7, 11) is 0. The smallest absolute Gasteiger partial charge is 0.358 e. The number of anilines is 1. The Labute approximate surface area is 156 Å². The summed E-state index contributed by atoms with van der Waals surface area (Å²) in [6, 6.07) is 7.85. The molecule has 2 aromatic heterocycles. The maximum atomic E-state index is 12.4. The van der Waals surface area contributed by atoms with Gasteiger partial charge in [-0.25, -0.2) is 9.78 Å². The minimum Gasteiger partial charge on any atom is -0.501 e. The van der Waals surface area contributed by atoms with Gasteiger partial charge in [0.2, 0.25) is 11.7 Å². The zero-order chi connectivity index (χ0) is 19.6. The summed E-state index contributed by atoms with van der Waals surface area (Å²) in [6.07, 6.45) is 0. The molecule has 1 atom stereocenters. The molecule has 3 rings (SSSR count). The summed E-state index contributed by atoms with van der Waals surface area (Å²) < 4.78 is 0. The number of carbonyl (C=O) groups excluding carboxylic acids is 1. The van der Waals surface area contributed by atoms with Gasteiger partial charge in [0.05, 0.1) is 11.3 Å². The number of nitrogens with one attached hydrogen (secondary N) is 2. The van der Waals surface area contributed by atoms with Crippen LogP contribution in [0.25, 0.3) is 11.4 Å². The van der Waals surface area contributed by atoms with Crippen LogP contribution >= 0.6 is 11.3 Å².